The third-order valence-electron chi connectivity index (χ3n) is 8.55. The van der Waals surface area contributed by atoms with Crippen LogP contribution in [0.3, 0.4) is 0 Å². The highest BCUT2D eigenvalue weighted by molar-refractivity contribution is 5.91. The monoisotopic (exact) mass is 604 g/mol. The van der Waals surface area contributed by atoms with Crippen LogP contribution in [0.15, 0.2) is 60.8 Å². The van der Waals surface area contributed by atoms with E-state index in [-0.39, 0.29) is 42.0 Å². The Labute approximate surface area is 259 Å². The van der Waals surface area contributed by atoms with Gasteiger partial charge in [-0.05, 0) is 85.6 Å². The Kier molecular flexibility index (Phi) is 8.85. The van der Waals surface area contributed by atoms with Crippen LogP contribution in [0.25, 0.3) is 5.65 Å². The van der Waals surface area contributed by atoms with Crippen molar-refractivity contribution in [2.45, 2.75) is 70.1 Å². The number of anilines is 1. The van der Waals surface area contributed by atoms with Gasteiger partial charge in [-0.15, -0.1) is 22.6 Å². The largest absolute Gasteiger partial charge is 0.495 e. The van der Waals surface area contributed by atoms with Crippen LogP contribution in [0.2, 0.25) is 0 Å². The molecule has 1 aliphatic heterocycles. The molecule has 0 spiro atoms. The van der Waals surface area contributed by atoms with Crippen molar-refractivity contribution in [1.29, 1.82) is 0 Å². The van der Waals surface area contributed by atoms with Gasteiger partial charge in [0, 0.05) is 0 Å². The molecule has 43 heavy (non-hydrogen) atoms. The summed E-state index contributed by atoms with van der Waals surface area (Å²) in [5, 5.41) is 15.1. The van der Waals surface area contributed by atoms with Crippen molar-refractivity contribution >= 4 is 29.8 Å². The fourth-order valence-electron chi connectivity index (χ4n) is 6.20. The lowest BCUT2D eigenvalue weighted by Gasteiger charge is -2.32. The molecule has 0 bridgehead atoms. The van der Waals surface area contributed by atoms with Gasteiger partial charge in [-0.2, -0.15) is 0 Å². The van der Waals surface area contributed by atoms with Crippen LogP contribution in [0.1, 0.15) is 87.2 Å². The lowest BCUT2D eigenvalue weighted by molar-refractivity contribution is 0.171. The second kappa shape index (κ2) is 12.4. The molecule has 228 valence electrons. The van der Waals surface area contributed by atoms with Crippen molar-refractivity contribution in [2.24, 2.45) is 0 Å². The van der Waals surface area contributed by atoms with E-state index in [1.165, 1.54) is 0 Å². The highest BCUT2D eigenvalue weighted by Gasteiger charge is 2.31. The summed E-state index contributed by atoms with van der Waals surface area (Å²) in [7, 11) is 3.75. The molecular weight excluding hydrogens is 564 g/mol. The van der Waals surface area contributed by atoms with Crippen LogP contribution in [0.4, 0.5) is 10.5 Å². The summed E-state index contributed by atoms with van der Waals surface area (Å²) in [6, 6.07) is 17.9. The molecule has 1 aliphatic carbocycles. The number of halogens is 1. The van der Waals surface area contributed by atoms with E-state index in [9.17, 15) is 4.79 Å². The SMILES string of the molecule is COc1ccc(C(C)(C)C)cc1NC(=O)N[C@H]1CC[C@@H](Oc2ccc3nnc([C@@H]4CCCN4C)n3c2)c2ccccc21.Cl. The Morgan fingerprint density at radius 1 is 1.00 bits per heavy atom. The number of fused-ring (bicyclic) bond motifs is 2. The number of pyridine rings is 1. The number of nitrogens with zero attached hydrogens (tertiary/aromatic N) is 4. The maximum Gasteiger partial charge on any atom is 0.319 e. The molecule has 0 saturated carbocycles. The molecule has 2 N–H and O–H groups in total. The van der Waals surface area contributed by atoms with E-state index in [2.05, 4.69) is 70.1 Å². The number of carbonyl (C=O) groups excluding carboxylic acids is 1. The second-order valence-electron chi connectivity index (χ2n) is 12.4. The summed E-state index contributed by atoms with van der Waals surface area (Å²) in [4.78, 5) is 15.6. The van der Waals surface area contributed by atoms with Gasteiger partial charge in [-0.25, -0.2) is 4.79 Å². The number of methoxy groups -OCH3 is 1. The lowest BCUT2D eigenvalue weighted by atomic mass is 9.85. The summed E-state index contributed by atoms with van der Waals surface area (Å²) in [6.07, 6.45) is 5.64. The van der Waals surface area contributed by atoms with Crippen molar-refractivity contribution in [3.8, 4) is 11.5 Å². The highest BCUT2D eigenvalue weighted by atomic mass is 35.5. The van der Waals surface area contributed by atoms with Gasteiger partial charge >= 0.3 is 6.03 Å². The number of rotatable bonds is 6. The van der Waals surface area contributed by atoms with E-state index in [1.54, 1.807) is 7.11 Å². The molecule has 9 nitrogen and oxygen atoms in total. The molecule has 2 aromatic heterocycles. The third-order valence-corrected chi connectivity index (χ3v) is 8.55. The van der Waals surface area contributed by atoms with E-state index in [4.69, 9.17) is 9.47 Å². The number of likely N-dealkylation sites (tertiary alicyclic amines) is 1. The average Bonchev–Trinajstić information content (AvgIpc) is 3.59. The molecule has 2 aromatic carbocycles. The van der Waals surface area contributed by atoms with Gasteiger partial charge in [0.25, 0.3) is 0 Å². The summed E-state index contributed by atoms with van der Waals surface area (Å²) < 4.78 is 14.2. The first-order chi connectivity index (χ1) is 20.2. The number of hydrogen-bond acceptors (Lipinski definition) is 6. The van der Waals surface area contributed by atoms with Crippen LogP contribution in [0, 0.1) is 0 Å². The zero-order chi connectivity index (χ0) is 29.4. The molecule has 0 unspecified atom stereocenters. The topological polar surface area (TPSA) is 93.0 Å². The van der Waals surface area contributed by atoms with E-state index < -0.39 is 0 Å². The molecule has 3 atom stereocenters. The van der Waals surface area contributed by atoms with Crippen LogP contribution in [-0.4, -0.2) is 46.2 Å². The Balaban J connectivity index is 0.00000368. The Morgan fingerprint density at radius 3 is 2.51 bits per heavy atom. The van der Waals surface area contributed by atoms with E-state index in [0.29, 0.717) is 11.4 Å². The van der Waals surface area contributed by atoms with Crippen molar-refractivity contribution in [3.63, 3.8) is 0 Å². The molecule has 3 heterocycles. The van der Waals surface area contributed by atoms with Crippen LogP contribution in [0.5, 0.6) is 11.5 Å². The van der Waals surface area contributed by atoms with Gasteiger partial charge in [0.1, 0.15) is 17.6 Å². The smallest absolute Gasteiger partial charge is 0.319 e. The first-order valence-electron chi connectivity index (χ1n) is 14.8. The minimum Gasteiger partial charge on any atom is -0.495 e. The standard InChI is InChI=1S/C33H40N6O3.ClH/c1-33(2,3)21-12-15-29(41-5)26(19-21)35-32(40)34-25-14-16-28(24-10-7-6-9-23(24)25)42-22-13-17-30-36-37-31(39(30)20-22)27-11-8-18-38(27)4;/h6-7,9-10,12-13,15,17,19-20,25,27-28H,8,11,14,16,18H2,1-5H3,(H2,34,35,40);1H/t25-,27-,28+;/m0./s1. The number of ether oxygens (including phenoxy) is 2. The van der Waals surface area contributed by atoms with Crippen LogP contribution in [-0.2, 0) is 5.41 Å². The molecule has 10 heteroatoms. The maximum atomic E-state index is 13.2. The molecular formula is C33H41ClN6O3. The minimum absolute atomic E-state index is 0. The zero-order valence-electron chi connectivity index (χ0n) is 25.5. The quantitative estimate of drug-likeness (QED) is 0.246. The highest BCUT2D eigenvalue weighted by Crippen LogP contribution is 2.39. The normalized spacial score (nSPS) is 20.3. The summed E-state index contributed by atoms with van der Waals surface area (Å²) in [5.41, 5.74) is 4.69. The van der Waals surface area contributed by atoms with E-state index >= 15 is 0 Å². The molecule has 4 aromatic rings. The van der Waals surface area contributed by atoms with Crippen molar-refractivity contribution < 1.29 is 14.3 Å². The Morgan fingerprint density at radius 2 is 1.79 bits per heavy atom. The van der Waals surface area contributed by atoms with Gasteiger partial charge in [0.15, 0.2) is 11.5 Å². The Hall–Kier alpha value is -3.82. The molecule has 6 rings (SSSR count). The fraction of sp³-hybridized carbons (Fsp3) is 0.424. The van der Waals surface area contributed by atoms with E-state index in [0.717, 1.165) is 66.1 Å². The number of nitrogens with one attached hydrogen (secondary N) is 2. The second-order valence-corrected chi connectivity index (χ2v) is 12.4. The average molecular weight is 605 g/mol. The predicted molar refractivity (Wildman–Crippen MR) is 170 cm³/mol. The summed E-state index contributed by atoms with van der Waals surface area (Å²) in [5.74, 6) is 2.36. The predicted octanol–water partition coefficient (Wildman–Crippen LogP) is 7.00. The molecule has 0 radical (unpaired) electrons. The molecule has 1 saturated heterocycles. The van der Waals surface area contributed by atoms with Crippen molar-refractivity contribution in [1.82, 2.24) is 24.8 Å². The zero-order valence-corrected chi connectivity index (χ0v) is 26.3. The van der Waals surface area contributed by atoms with Gasteiger partial charge in [-0.3, -0.25) is 9.30 Å². The summed E-state index contributed by atoms with van der Waals surface area (Å²) >= 11 is 0. The van der Waals surface area contributed by atoms with Crippen molar-refractivity contribution in [3.05, 3.63) is 83.3 Å². The molecule has 1 fully saturated rings. The van der Waals surface area contributed by atoms with Gasteiger partial charge in [-0.1, -0.05) is 51.1 Å². The van der Waals surface area contributed by atoms with Gasteiger partial charge in [0.05, 0.1) is 31.1 Å². The molecule has 2 aliphatic rings. The van der Waals surface area contributed by atoms with Gasteiger partial charge < -0.3 is 20.1 Å². The van der Waals surface area contributed by atoms with Gasteiger partial charge in [0.2, 0.25) is 0 Å². The van der Waals surface area contributed by atoms with Crippen LogP contribution >= 0.6 is 12.4 Å². The van der Waals surface area contributed by atoms with Crippen molar-refractivity contribution in [2.75, 3.05) is 26.0 Å². The third kappa shape index (κ3) is 6.28. The number of benzene rings is 2. The first-order valence-corrected chi connectivity index (χ1v) is 14.8. The Bertz CT molecular complexity index is 1600. The number of urea groups is 1. The number of carbonyl (C=O) groups is 1. The maximum absolute atomic E-state index is 13.2. The van der Waals surface area contributed by atoms with Crippen LogP contribution < -0.4 is 20.1 Å². The molecule has 2 amide bonds. The minimum atomic E-state index is -0.263. The summed E-state index contributed by atoms with van der Waals surface area (Å²) in [6.45, 7) is 7.51. The number of aromatic nitrogens is 3. The fourth-order valence-corrected chi connectivity index (χ4v) is 6.20. The first kappa shape index (κ1) is 30.6. The lowest BCUT2D eigenvalue weighted by Crippen LogP contribution is -2.35. The number of hydrogen-bond donors (Lipinski definition) is 2. The number of amides is 2. The van der Waals surface area contributed by atoms with E-state index in [1.807, 2.05) is 48.7 Å².